The lowest BCUT2D eigenvalue weighted by Crippen LogP contribution is -2.30. The Morgan fingerprint density at radius 3 is 2.33 bits per heavy atom. The van der Waals surface area contributed by atoms with E-state index >= 15 is 0 Å². The third kappa shape index (κ3) is 1.77. The molecule has 1 aromatic carbocycles. The van der Waals surface area contributed by atoms with E-state index in [1.165, 1.54) is 18.2 Å². The number of imide groups is 1. The smallest absolute Gasteiger partial charge is 0.336 e. The van der Waals surface area contributed by atoms with Crippen LogP contribution in [0, 0.1) is 0 Å². The lowest BCUT2D eigenvalue weighted by molar-refractivity contribution is -0.121. The molecule has 1 fully saturated rings. The number of aldehydes is 1. The highest BCUT2D eigenvalue weighted by Gasteiger charge is 2.32. The molecule has 6 heteroatoms. The third-order valence-corrected chi connectivity index (χ3v) is 2.72. The third-order valence-electron chi connectivity index (χ3n) is 2.72. The molecular weight excluding hydrogens is 238 g/mol. The molecule has 1 heterocycles. The van der Waals surface area contributed by atoms with Gasteiger partial charge in [0.1, 0.15) is 0 Å². The predicted molar refractivity (Wildman–Crippen MR) is 60.5 cm³/mol. The summed E-state index contributed by atoms with van der Waals surface area (Å²) in [6, 6.07) is 4.03. The highest BCUT2D eigenvalue weighted by Crippen LogP contribution is 2.27. The molecule has 92 valence electrons. The molecule has 1 N–H and O–H groups in total. The number of hydrogen-bond donors (Lipinski definition) is 1. The minimum absolute atomic E-state index is 0.0393. The number of carbonyl (C=O) groups excluding carboxylic acids is 3. The van der Waals surface area contributed by atoms with E-state index in [1.54, 1.807) is 0 Å². The van der Waals surface area contributed by atoms with Crippen molar-refractivity contribution in [2.75, 3.05) is 4.90 Å². The van der Waals surface area contributed by atoms with Gasteiger partial charge in [0.2, 0.25) is 11.8 Å². The Kier molecular flexibility index (Phi) is 2.93. The average Bonchev–Trinajstić information content (AvgIpc) is 2.68. The van der Waals surface area contributed by atoms with Crippen molar-refractivity contribution in [3.05, 3.63) is 29.3 Å². The number of amides is 2. The summed E-state index contributed by atoms with van der Waals surface area (Å²) in [4.78, 5) is 46.0. The molecule has 1 aliphatic heterocycles. The summed E-state index contributed by atoms with van der Waals surface area (Å²) < 4.78 is 0. The van der Waals surface area contributed by atoms with Crippen molar-refractivity contribution < 1.29 is 24.3 Å². The van der Waals surface area contributed by atoms with Gasteiger partial charge < -0.3 is 5.11 Å². The molecule has 0 aromatic heterocycles. The number of anilines is 1. The number of rotatable bonds is 3. The van der Waals surface area contributed by atoms with Crippen LogP contribution in [0.4, 0.5) is 5.69 Å². The van der Waals surface area contributed by atoms with Gasteiger partial charge in [0.15, 0.2) is 6.29 Å². The monoisotopic (exact) mass is 247 g/mol. The van der Waals surface area contributed by atoms with Gasteiger partial charge in [-0.1, -0.05) is 6.07 Å². The van der Waals surface area contributed by atoms with E-state index < -0.39 is 17.8 Å². The molecule has 1 aromatic rings. The lowest BCUT2D eigenvalue weighted by atomic mass is 10.1. The quantitative estimate of drug-likeness (QED) is 0.631. The van der Waals surface area contributed by atoms with Crippen molar-refractivity contribution in [2.45, 2.75) is 12.8 Å². The molecule has 1 saturated heterocycles. The minimum Gasteiger partial charge on any atom is -0.478 e. The Hall–Kier alpha value is -2.50. The Labute approximate surface area is 102 Å². The maximum atomic E-state index is 11.6. The second-order valence-corrected chi connectivity index (χ2v) is 3.78. The summed E-state index contributed by atoms with van der Waals surface area (Å²) in [6.45, 7) is 0. The number of carbonyl (C=O) groups is 4. The second-order valence-electron chi connectivity index (χ2n) is 3.78. The average molecular weight is 247 g/mol. The first-order valence-corrected chi connectivity index (χ1v) is 5.23. The number of carboxylic acids is 1. The van der Waals surface area contributed by atoms with Crippen molar-refractivity contribution in [1.29, 1.82) is 0 Å². The molecule has 0 atom stereocenters. The molecule has 0 saturated carbocycles. The maximum absolute atomic E-state index is 11.6. The van der Waals surface area contributed by atoms with Crippen LogP contribution in [0.3, 0.4) is 0 Å². The van der Waals surface area contributed by atoms with Gasteiger partial charge in [0, 0.05) is 12.8 Å². The van der Waals surface area contributed by atoms with Crippen LogP contribution in [0.1, 0.15) is 33.6 Å². The zero-order valence-corrected chi connectivity index (χ0v) is 9.25. The van der Waals surface area contributed by atoms with Gasteiger partial charge in [-0.3, -0.25) is 14.4 Å². The van der Waals surface area contributed by atoms with Gasteiger partial charge in [-0.05, 0) is 12.1 Å². The fourth-order valence-electron chi connectivity index (χ4n) is 1.90. The van der Waals surface area contributed by atoms with Gasteiger partial charge in [-0.2, -0.15) is 0 Å². The van der Waals surface area contributed by atoms with E-state index in [4.69, 9.17) is 5.11 Å². The Morgan fingerprint density at radius 2 is 1.83 bits per heavy atom. The van der Waals surface area contributed by atoms with Crippen LogP contribution in [-0.2, 0) is 9.59 Å². The number of aromatic carboxylic acids is 1. The molecule has 0 spiro atoms. The summed E-state index contributed by atoms with van der Waals surface area (Å²) in [5.41, 5.74) is -0.346. The second kappa shape index (κ2) is 4.40. The predicted octanol–water partition coefficient (Wildman–Crippen LogP) is 0.851. The van der Waals surface area contributed by atoms with Crippen LogP contribution in [-0.4, -0.2) is 29.2 Å². The summed E-state index contributed by atoms with van der Waals surface area (Å²) in [6.07, 6.45) is 0.501. The van der Waals surface area contributed by atoms with E-state index in [-0.39, 0.29) is 29.7 Å². The van der Waals surface area contributed by atoms with E-state index in [9.17, 15) is 19.2 Å². The number of nitrogens with zero attached hydrogens (tertiary/aromatic N) is 1. The van der Waals surface area contributed by atoms with Crippen LogP contribution >= 0.6 is 0 Å². The Bertz CT molecular complexity index is 548. The zero-order valence-electron chi connectivity index (χ0n) is 9.25. The molecule has 2 rings (SSSR count). The lowest BCUT2D eigenvalue weighted by Gasteiger charge is -2.16. The SMILES string of the molecule is O=Cc1c(C(=O)O)cccc1N1C(=O)CCC1=O. The van der Waals surface area contributed by atoms with Gasteiger partial charge in [-0.25, -0.2) is 9.69 Å². The molecule has 6 nitrogen and oxygen atoms in total. The minimum atomic E-state index is -1.28. The fourth-order valence-corrected chi connectivity index (χ4v) is 1.90. The van der Waals surface area contributed by atoms with E-state index in [0.717, 1.165) is 4.90 Å². The normalized spacial score (nSPS) is 15.0. The summed E-state index contributed by atoms with van der Waals surface area (Å²) in [5.74, 6) is -2.13. The van der Waals surface area contributed by atoms with E-state index in [2.05, 4.69) is 0 Å². The first kappa shape index (κ1) is 12.0. The first-order chi connectivity index (χ1) is 8.56. The molecule has 0 aliphatic carbocycles. The van der Waals surface area contributed by atoms with Crippen LogP contribution in [0.25, 0.3) is 0 Å². The molecule has 2 amide bonds. The summed E-state index contributed by atoms with van der Waals surface area (Å²) in [5, 5.41) is 8.95. The fraction of sp³-hybridized carbons (Fsp3) is 0.167. The van der Waals surface area contributed by atoms with Crippen LogP contribution in [0.2, 0.25) is 0 Å². The van der Waals surface area contributed by atoms with E-state index in [0.29, 0.717) is 6.29 Å². The van der Waals surface area contributed by atoms with Crippen molar-refractivity contribution in [2.24, 2.45) is 0 Å². The number of benzene rings is 1. The van der Waals surface area contributed by atoms with Crippen LogP contribution < -0.4 is 4.90 Å². The zero-order chi connectivity index (χ0) is 13.3. The van der Waals surface area contributed by atoms with E-state index in [1.807, 2.05) is 0 Å². The van der Waals surface area contributed by atoms with Crippen molar-refractivity contribution in [3.8, 4) is 0 Å². The molecule has 0 unspecified atom stereocenters. The molecular formula is C12H9NO5. The van der Waals surface area contributed by atoms with Gasteiger partial charge >= 0.3 is 5.97 Å². The highest BCUT2D eigenvalue weighted by molar-refractivity contribution is 6.22. The van der Waals surface area contributed by atoms with Gasteiger partial charge in [0.05, 0.1) is 16.8 Å². The standard InChI is InChI=1S/C12H9NO5/c14-6-8-7(12(17)18)2-1-3-9(8)13-10(15)4-5-11(13)16/h1-3,6H,4-5H2,(H,17,18). The van der Waals surface area contributed by atoms with Gasteiger partial charge in [-0.15, -0.1) is 0 Å². The van der Waals surface area contributed by atoms with Crippen molar-refractivity contribution >= 4 is 29.8 Å². The summed E-state index contributed by atoms with van der Waals surface area (Å²) in [7, 11) is 0. The van der Waals surface area contributed by atoms with Crippen LogP contribution in [0.15, 0.2) is 18.2 Å². The topological polar surface area (TPSA) is 91.8 Å². The molecule has 18 heavy (non-hydrogen) atoms. The van der Waals surface area contributed by atoms with Crippen molar-refractivity contribution in [3.63, 3.8) is 0 Å². The molecule has 1 aliphatic rings. The summed E-state index contributed by atoms with van der Waals surface area (Å²) >= 11 is 0. The first-order valence-electron chi connectivity index (χ1n) is 5.23. The van der Waals surface area contributed by atoms with Crippen LogP contribution in [0.5, 0.6) is 0 Å². The largest absolute Gasteiger partial charge is 0.478 e. The highest BCUT2D eigenvalue weighted by atomic mass is 16.4. The maximum Gasteiger partial charge on any atom is 0.336 e. The number of hydrogen-bond acceptors (Lipinski definition) is 4. The molecule has 0 bridgehead atoms. The molecule has 0 radical (unpaired) electrons. The van der Waals surface area contributed by atoms with Gasteiger partial charge in [0.25, 0.3) is 0 Å². The Balaban J connectivity index is 2.61. The van der Waals surface area contributed by atoms with Crippen molar-refractivity contribution in [1.82, 2.24) is 0 Å². The number of carboxylic acid groups (broad SMARTS) is 1. The Morgan fingerprint density at radius 1 is 1.22 bits per heavy atom.